The highest BCUT2D eigenvalue weighted by Crippen LogP contribution is 2.45. The highest BCUT2D eigenvalue weighted by molar-refractivity contribution is 5.95. The molecule has 0 bridgehead atoms. The molecule has 3 aromatic rings. The third kappa shape index (κ3) is 4.19. The zero-order valence-electron chi connectivity index (χ0n) is 16.7. The SMILES string of the molecule is Fc1ccc(N2N=C(C(F)(F)C(F)(F)F)CC2c2ccc(F)c(-c3ccc(F)nc3)c2)c(F)c1. The van der Waals surface area contributed by atoms with Crippen LogP contribution in [-0.2, 0) is 0 Å². The van der Waals surface area contributed by atoms with E-state index in [0.29, 0.717) is 11.1 Å². The third-order valence-electron chi connectivity index (χ3n) is 5.20. The van der Waals surface area contributed by atoms with Gasteiger partial charge in [-0.2, -0.15) is 31.4 Å². The first-order chi connectivity index (χ1) is 15.9. The van der Waals surface area contributed by atoms with Crippen molar-refractivity contribution in [1.82, 2.24) is 4.98 Å². The number of hydrogen-bond acceptors (Lipinski definition) is 3. The Balaban J connectivity index is 1.82. The van der Waals surface area contributed by atoms with Gasteiger partial charge in [0.25, 0.3) is 0 Å². The van der Waals surface area contributed by atoms with E-state index in [1.165, 1.54) is 6.07 Å². The molecule has 178 valence electrons. The van der Waals surface area contributed by atoms with Crippen molar-refractivity contribution in [2.45, 2.75) is 24.6 Å². The molecule has 12 heteroatoms. The molecule has 0 aliphatic carbocycles. The number of nitrogens with zero attached hydrogens (tertiary/aromatic N) is 3. The van der Waals surface area contributed by atoms with Gasteiger partial charge in [0.1, 0.15) is 17.3 Å². The zero-order chi connectivity index (χ0) is 24.8. The summed E-state index contributed by atoms with van der Waals surface area (Å²) in [5.41, 5.74) is -2.21. The van der Waals surface area contributed by atoms with Crippen molar-refractivity contribution in [3.8, 4) is 11.1 Å². The third-order valence-corrected chi connectivity index (χ3v) is 5.20. The van der Waals surface area contributed by atoms with E-state index in [0.717, 1.165) is 42.6 Å². The van der Waals surface area contributed by atoms with Crippen LogP contribution < -0.4 is 5.01 Å². The molecular weight excluding hydrogens is 477 g/mol. The minimum absolute atomic E-state index is 0.00109. The van der Waals surface area contributed by atoms with E-state index < -0.39 is 59.4 Å². The quantitative estimate of drug-likeness (QED) is 0.298. The number of pyridine rings is 1. The van der Waals surface area contributed by atoms with Crippen molar-refractivity contribution in [2.75, 3.05) is 5.01 Å². The predicted molar refractivity (Wildman–Crippen MR) is 104 cm³/mol. The van der Waals surface area contributed by atoms with Gasteiger partial charge in [0.15, 0.2) is 5.82 Å². The first kappa shape index (κ1) is 23.6. The lowest BCUT2D eigenvalue weighted by Gasteiger charge is -2.25. The van der Waals surface area contributed by atoms with Gasteiger partial charge in [0.05, 0.1) is 11.7 Å². The number of alkyl halides is 5. The zero-order valence-corrected chi connectivity index (χ0v) is 16.7. The summed E-state index contributed by atoms with van der Waals surface area (Å²) in [4.78, 5) is 3.40. The van der Waals surface area contributed by atoms with Crippen LogP contribution in [0.3, 0.4) is 0 Å². The molecule has 1 aromatic heterocycles. The van der Waals surface area contributed by atoms with Crippen molar-refractivity contribution in [2.24, 2.45) is 5.10 Å². The van der Waals surface area contributed by atoms with Gasteiger partial charge in [-0.15, -0.1) is 0 Å². The van der Waals surface area contributed by atoms with E-state index in [1.54, 1.807) is 0 Å². The molecule has 4 rings (SSSR count). The Morgan fingerprint density at radius 2 is 1.56 bits per heavy atom. The smallest absolute Gasteiger partial charge is 0.255 e. The topological polar surface area (TPSA) is 28.5 Å². The normalized spacial score (nSPS) is 16.7. The number of anilines is 1. The van der Waals surface area contributed by atoms with E-state index in [-0.39, 0.29) is 16.7 Å². The van der Waals surface area contributed by atoms with Crippen LogP contribution in [0, 0.1) is 23.4 Å². The van der Waals surface area contributed by atoms with Crippen LogP contribution >= 0.6 is 0 Å². The lowest BCUT2D eigenvalue weighted by molar-refractivity contribution is -0.249. The van der Waals surface area contributed by atoms with Crippen molar-refractivity contribution in [3.05, 3.63) is 83.7 Å². The lowest BCUT2D eigenvalue weighted by atomic mass is 9.95. The van der Waals surface area contributed by atoms with Gasteiger partial charge in [-0.1, -0.05) is 6.07 Å². The van der Waals surface area contributed by atoms with E-state index in [4.69, 9.17) is 0 Å². The first-order valence-electron chi connectivity index (χ1n) is 9.56. The van der Waals surface area contributed by atoms with E-state index >= 15 is 0 Å². The highest BCUT2D eigenvalue weighted by Gasteiger charge is 2.63. The second kappa shape index (κ2) is 8.33. The first-order valence-corrected chi connectivity index (χ1v) is 9.56. The maximum absolute atomic E-state index is 14.5. The highest BCUT2D eigenvalue weighted by atomic mass is 19.4. The van der Waals surface area contributed by atoms with Crippen molar-refractivity contribution < 1.29 is 39.5 Å². The van der Waals surface area contributed by atoms with Gasteiger partial charge >= 0.3 is 12.1 Å². The van der Waals surface area contributed by atoms with Crippen molar-refractivity contribution in [1.29, 1.82) is 0 Å². The molecule has 0 amide bonds. The second-order valence-electron chi connectivity index (χ2n) is 7.39. The van der Waals surface area contributed by atoms with Crippen LogP contribution in [0.25, 0.3) is 11.1 Å². The molecule has 2 aromatic carbocycles. The molecule has 3 nitrogen and oxygen atoms in total. The van der Waals surface area contributed by atoms with Gasteiger partial charge in [0, 0.05) is 29.8 Å². The average molecular weight is 489 g/mol. The van der Waals surface area contributed by atoms with Crippen LogP contribution in [0.5, 0.6) is 0 Å². The molecule has 0 fully saturated rings. The van der Waals surface area contributed by atoms with Crippen LogP contribution in [0.2, 0.25) is 0 Å². The summed E-state index contributed by atoms with van der Waals surface area (Å²) in [6.07, 6.45) is -5.96. The average Bonchev–Trinajstić information content (AvgIpc) is 3.20. The Kier molecular flexibility index (Phi) is 5.78. The summed E-state index contributed by atoms with van der Waals surface area (Å²) >= 11 is 0. The molecule has 1 aliphatic rings. The molecule has 1 atom stereocenters. The Bertz CT molecular complexity index is 1250. The van der Waals surface area contributed by atoms with Gasteiger partial charge in [-0.05, 0) is 42.0 Å². The Labute approximate surface area is 186 Å². The summed E-state index contributed by atoms with van der Waals surface area (Å²) in [5, 5.41) is 3.92. The fourth-order valence-corrected chi connectivity index (χ4v) is 3.52. The molecule has 1 unspecified atom stereocenters. The molecule has 1 aliphatic heterocycles. The second-order valence-corrected chi connectivity index (χ2v) is 7.39. The number of benzene rings is 2. The van der Waals surface area contributed by atoms with Crippen LogP contribution in [0.1, 0.15) is 18.0 Å². The Morgan fingerprint density at radius 3 is 2.18 bits per heavy atom. The Hall–Kier alpha value is -3.57. The largest absolute Gasteiger partial charge is 0.459 e. The summed E-state index contributed by atoms with van der Waals surface area (Å²) < 4.78 is 123. The van der Waals surface area contributed by atoms with Crippen LogP contribution in [0.4, 0.5) is 45.2 Å². The van der Waals surface area contributed by atoms with Gasteiger partial charge in [-0.25, -0.2) is 18.2 Å². The van der Waals surface area contributed by atoms with Gasteiger partial charge in [-0.3, -0.25) is 5.01 Å². The van der Waals surface area contributed by atoms with Gasteiger partial charge in [0.2, 0.25) is 5.95 Å². The van der Waals surface area contributed by atoms with Gasteiger partial charge < -0.3 is 0 Å². The fourth-order valence-electron chi connectivity index (χ4n) is 3.52. The maximum Gasteiger partial charge on any atom is 0.459 e. The Morgan fingerprint density at radius 1 is 0.824 bits per heavy atom. The van der Waals surface area contributed by atoms with Crippen LogP contribution in [-0.4, -0.2) is 22.8 Å². The number of hydrazone groups is 1. The molecule has 0 radical (unpaired) electrons. The summed E-state index contributed by atoms with van der Waals surface area (Å²) in [5.74, 6) is -9.25. The van der Waals surface area contributed by atoms with E-state index in [1.807, 2.05) is 0 Å². The number of aromatic nitrogens is 1. The number of rotatable bonds is 4. The number of halogens is 9. The summed E-state index contributed by atoms with van der Waals surface area (Å²) in [6.45, 7) is 0. The molecular formula is C22H12F9N3. The predicted octanol–water partition coefficient (Wildman–Crippen LogP) is 6.81. The summed E-state index contributed by atoms with van der Waals surface area (Å²) in [7, 11) is 0. The van der Waals surface area contributed by atoms with Crippen LogP contribution in [0.15, 0.2) is 59.8 Å². The van der Waals surface area contributed by atoms with E-state index in [2.05, 4.69) is 10.1 Å². The van der Waals surface area contributed by atoms with Crippen molar-refractivity contribution >= 4 is 11.4 Å². The molecule has 34 heavy (non-hydrogen) atoms. The minimum atomic E-state index is -5.97. The number of hydrogen-bond donors (Lipinski definition) is 0. The molecule has 0 saturated heterocycles. The molecule has 0 saturated carbocycles. The van der Waals surface area contributed by atoms with Crippen molar-refractivity contribution in [3.63, 3.8) is 0 Å². The summed E-state index contributed by atoms with van der Waals surface area (Å²) in [6, 6.07) is 5.92. The standard InChI is InChI=1S/C22H12F9N3/c23-13-3-5-17(16(25)8-13)34-18(9-19(33-34)21(27,28)22(29,30)31)11-1-4-15(24)14(7-11)12-2-6-20(26)32-10-12/h1-8,10,18H,9H2. The molecule has 2 heterocycles. The molecule has 0 spiro atoms. The maximum atomic E-state index is 14.5. The molecule has 0 N–H and O–H groups in total. The fraction of sp³-hybridized carbons (Fsp3) is 0.182. The lowest BCUT2D eigenvalue weighted by Crippen LogP contribution is -2.43. The van der Waals surface area contributed by atoms with E-state index in [9.17, 15) is 39.5 Å². The monoisotopic (exact) mass is 489 g/mol. The minimum Gasteiger partial charge on any atom is -0.255 e.